The molecule has 4 N–H and O–H groups in total. The van der Waals surface area contributed by atoms with Crippen molar-refractivity contribution in [2.45, 2.75) is 0 Å². The van der Waals surface area contributed by atoms with Gasteiger partial charge in [-0.1, -0.05) is 24.3 Å². The van der Waals surface area contributed by atoms with E-state index in [1.807, 2.05) is 0 Å². The lowest BCUT2D eigenvalue weighted by Crippen LogP contribution is -2.24. The van der Waals surface area contributed by atoms with Crippen LogP contribution in [0.1, 0.15) is 10.4 Å². The summed E-state index contributed by atoms with van der Waals surface area (Å²) in [5.74, 6) is -0.886. The fraction of sp³-hybridized carbons (Fsp3) is 0. The van der Waals surface area contributed by atoms with Crippen molar-refractivity contribution in [3.05, 3.63) is 64.2 Å². The standard InChI is InChI=1S/C14H12N4O3.ClH/c15-14(16)17-13(19)11-5-1-3-9(7-11)10-4-2-6-12(8-10)18(20)21;/h1-8H,(H4,15,16,17,19);1H. The molecule has 22 heavy (non-hydrogen) atoms. The van der Waals surface area contributed by atoms with Gasteiger partial charge in [0.2, 0.25) is 0 Å². The molecule has 0 aliphatic carbocycles. The van der Waals surface area contributed by atoms with Crippen LogP contribution in [0, 0.1) is 10.1 Å². The smallest absolute Gasteiger partial charge is 0.280 e. The van der Waals surface area contributed by atoms with Crippen molar-refractivity contribution >= 4 is 30.0 Å². The molecule has 0 atom stereocenters. The molecule has 0 aliphatic heterocycles. The number of nitro benzene ring substituents is 1. The van der Waals surface area contributed by atoms with E-state index in [4.69, 9.17) is 11.5 Å². The van der Waals surface area contributed by atoms with Crippen molar-refractivity contribution in [3.63, 3.8) is 0 Å². The lowest BCUT2D eigenvalue weighted by molar-refractivity contribution is -0.384. The number of aliphatic imine (C=N–C) groups is 1. The Morgan fingerprint density at radius 2 is 1.64 bits per heavy atom. The zero-order valence-corrected chi connectivity index (χ0v) is 12.1. The third-order valence-corrected chi connectivity index (χ3v) is 2.73. The van der Waals surface area contributed by atoms with Crippen LogP contribution in [0.2, 0.25) is 0 Å². The summed E-state index contributed by atoms with van der Waals surface area (Å²) in [6, 6.07) is 12.7. The number of nitro groups is 1. The number of hydrogen-bond acceptors (Lipinski definition) is 3. The van der Waals surface area contributed by atoms with Gasteiger partial charge in [0.15, 0.2) is 5.96 Å². The Kier molecular flexibility index (Phi) is 5.59. The lowest BCUT2D eigenvalue weighted by Gasteiger charge is -2.03. The topological polar surface area (TPSA) is 125 Å². The predicted octanol–water partition coefficient (Wildman–Crippen LogP) is 2.10. The number of guanidine groups is 1. The van der Waals surface area contributed by atoms with Crippen LogP contribution in [0.25, 0.3) is 11.1 Å². The molecule has 2 aromatic rings. The second kappa shape index (κ2) is 7.19. The van der Waals surface area contributed by atoms with Crippen molar-refractivity contribution in [2.24, 2.45) is 16.5 Å². The highest BCUT2D eigenvalue weighted by atomic mass is 35.5. The zero-order chi connectivity index (χ0) is 15.4. The number of hydrogen-bond donors (Lipinski definition) is 2. The molecule has 0 spiro atoms. The SMILES string of the molecule is Cl.NC(N)=NC(=O)c1cccc(-c2cccc([N+](=O)[O-])c2)c1. The van der Waals surface area contributed by atoms with E-state index in [0.29, 0.717) is 16.7 Å². The number of nitrogens with zero attached hydrogens (tertiary/aromatic N) is 2. The molecule has 8 heteroatoms. The van der Waals surface area contributed by atoms with Crippen molar-refractivity contribution in [1.82, 2.24) is 0 Å². The molecule has 0 aliphatic rings. The van der Waals surface area contributed by atoms with Crippen LogP contribution >= 0.6 is 12.4 Å². The van der Waals surface area contributed by atoms with Gasteiger partial charge < -0.3 is 11.5 Å². The van der Waals surface area contributed by atoms with E-state index in [-0.39, 0.29) is 24.1 Å². The number of carbonyl (C=O) groups excluding carboxylic acids is 1. The van der Waals surface area contributed by atoms with Gasteiger partial charge in [0.25, 0.3) is 11.6 Å². The second-order valence-corrected chi connectivity index (χ2v) is 4.23. The number of carbonyl (C=O) groups is 1. The van der Waals surface area contributed by atoms with Crippen molar-refractivity contribution in [1.29, 1.82) is 0 Å². The van der Waals surface area contributed by atoms with Gasteiger partial charge in [-0.3, -0.25) is 14.9 Å². The first kappa shape index (κ1) is 17.1. The van der Waals surface area contributed by atoms with Crippen molar-refractivity contribution < 1.29 is 9.72 Å². The Labute approximate surface area is 132 Å². The lowest BCUT2D eigenvalue weighted by atomic mass is 10.0. The van der Waals surface area contributed by atoms with Crippen LogP contribution in [0.5, 0.6) is 0 Å². The molecule has 1 amide bonds. The van der Waals surface area contributed by atoms with E-state index < -0.39 is 10.8 Å². The fourth-order valence-electron chi connectivity index (χ4n) is 1.81. The van der Waals surface area contributed by atoms with Gasteiger partial charge >= 0.3 is 0 Å². The van der Waals surface area contributed by atoms with E-state index in [2.05, 4.69) is 4.99 Å². The number of rotatable bonds is 3. The fourth-order valence-corrected chi connectivity index (χ4v) is 1.81. The minimum Gasteiger partial charge on any atom is -0.370 e. The maximum Gasteiger partial charge on any atom is 0.280 e. The maximum absolute atomic E-state index is 11.8. The Morgan fingerprint density at radius 1 is 1.05 bits per heavy atom. The van der Waals surface area contributed by atoms with Gasteiger partial charge in [0.1, 0.15) is 0 Å². The number of amides is 1. The summed E-state index contributed by atoms with van der Waals surface area (Å²) in [4.78, 5) is 25.5. The predicted molar refractivity (Wildman–Crippen MR) is 85.9 cm³/mol. The summed E-state index contributed by atoms with van der Waals surface area (Å²) >= 11 is 0. The average Bonchev–Trinajstić information content (AvgIpc) is 2.47. The highest BCUT2D eigenvalue weighted by molar-refractivity contribution is 6.02. The highest BCUT2D eigenvalue weighted by Crippen LogP contribution is 2.24. The molecule has 0 fully saturated rings. The molecule has 0 radical (unpaired) electrons. The molecular weight excluding hydrogens is 308 g/mol. The van der Waals surface area contributed by atoms with Crippen LogP contribution in [0.3, 0.4) is 0 Å². The molecule has 0 heterocycles. The van der Waals surface area contributed by atoms with E-state index >= 15 is 0 Å². The van der Waals surface area contributed by atoms with Gasteiger partial charge in [-0.25, -0.2) is 0 Å². The minimum absolute atomic E-state index is 0. The van der Waals surface area contributed by atoms with Gasteiger partial charge in [-0.15, -0.1) is 12.4 Å². The summed E-state index contributed by atoms with van der Waals surface area (Å²) in [5.41, 5.74) is 11.9. The first-order valence-electron chi connectivity index (χ1n) is 5.96. The largest absolute Gasteiger partial charge is 0.370 e. The van der Waals surface area contributed by atoms with Gasteiger partial charge in [-0.2, -0.15) is 4.99 Å². The van der Waals surface area contributed by atoms with Crippen LogP contribution in [-0.4, -0.2) is 16.8 Å². The molecule has 114 valence electrons. The third-order valence-electron chi connectivity index (χ3n) is 2.73. The first-order valence-corrected chi connectivity index (χ1v) is 5.96. The number of nitrogens with two attached hydrogens (primary N) is 2. The first-order chi connectivity index (χ1) is 9.97. The van der Waals surface area contributed by atoms with Crippen molar-refractivity contribution in [2.75, 3.05) is 0 Å². The molecule has 2 rings (SSSR count). The third kappa shape index (κ3) is 4.03. The summed E-state index contributed by atoms with van der Waals surface area (Å²) in [6.45, 7) is 0. The minimum atomic E-state index is -0.567. The average molecular weight is 321 g/mol. The zero-order valence-electron chi connectivity index (χ0n) is 11.3. The molecule has 0 saturated heterocycles. The van der Waals surface area contributed by atoms with Gasteiger partial charge in [0.05, 0.1) is 4.92 Å². The van der Waals surface area contributed by atoms with E-state index in [9.17, 15) is 14.9 Å². The summed E-state index contributed by atoms with van der Waals surface area (Å²) in [5, 5.41) is 10.8. The molecule has 0 bridgehead atoms. The van der Waals surface area contributed by atoms with Crippen LogP contribution in [0.15, 0.2) is 53.5 Å². The quantitative estimate of drug-likeness (QED) is 0.388. The maximum atomic E-state index is 11.8. The number of benzene rings is 2. The monoisotopic (exact) mass is 320 g/mol. The molecule has 0 aromatic heterocycles. The summed E-state index contributed by atoms with van der Waals surface area (Å²) in [7, 11) is 0. The van der Waals surface area contributed by atoms with E-state index in [0.717, 1.165) is 0 Å². The highest BCUT2D eigenvalue weighted by Gasteiger charge is 2.09. The molecule has 2 aromatic carbocycles. The molecule has 0 saturated carbocycles. The van der Waals surface area contributed by atoms with E-state index in [1.54, 1.807) is 36.4 Å². The van der Waals surface area contributed by atoms with Crippen LogP contribution in [0.4, 0.5) is 5.69 Å². The van der Waals surface area contributed by atoms with Gasteiger partial charge in [0, 0.05) is 17.7 Å². The van der Waals surface area contributed by atoms with Crippen LogP contribution < -0.4 is 11.5 Å². The number of halogens is 1. The Morgan fingerprint density at radius 3 is 2.23 bits per heavy atom. The molecule has 7 nitrogen and oxygen atoms in total. The second-order valence-electron chi connectivity index (χ2n) is 4.23. The summed E-state index contributed by atoms with van der Waals surface area (Å²) in [6.07, 6.45) is 0. The number of non-ortho nitro benzene ring substituents is 1. The normalized spacial score (nSPS) is 9.45. The van der Waals surface area contributed by atoms with Crippen molar-refractivity contribution in [3.8, 4) is 11.1 Å². The Bertz CT molecular complexity index is 742. The Balaban J connectivity index is 0.00000242. The molecule has 0 unspecified atom stereocenters. The van der Waals surface area contributed by atoms with E-state index in [1.165, 1.54) is 12.1 Å². The Hall–Kier alpha value is -2.93. The van der Waals surface area contributed by atoms with Crippen LogP contribution in [-0.2, 0) is 0 Å². The molecular formula is C14H13ClN4O3. The van der Waals surface area contributed by atoms with Gasteiger partial charge in [-0.05, 0) is 23.3 Å². The summed E-state index contributed by atoms with van der Waals surface area (Å²) < 4.78 is 0.